The van der Waals surface area contributed by atoms with Gasteiger partial charge >= 0.3 is 0 Å². The number of nitrogens with zero attached hydrogens (tertiary/aromatic N) is 1. The van der Waals surface area contributed by atoms with Gasteiger partial charge in [0.25, 0.3) is 5.91 Å². The van der Waals surface area contributed by atoms with E-state index in [-0.39, 0.29) is 17.5 Å². The van der Waals surface area contributed by atoms with Crippen LogP contribution in [-0.4, -0.2) is 11.9 Å². The number of benzene rings is 2. The molecule has 0 radical (unpaired) electrons. The number of rotatable bonds is 8. The van der Waals surface area contributed by atoms with E-state index < -0.39 is 0 Å². The van der Waals surface area contributed by atoms with E-state index in [1.807, 2.05) is 54.6 Å². The van der Waals surface area contributed by atoms with Crippen molar-refractivity contribution in [2.45, 2.75) is 51.2 Å². The fourth-order valence-electron chi connectivity index (χ4n) is 3.71. The first-order chi connectivity index (χ1) is 14.7. The number of hydrogen-bond acceptors (Lipinski definition) is 3. The normalized spacial score (nSPS) is 14.6. The zero-order valence-corrected chi connectivity index (χ0v) is 17.3. The van der Waals surface area contributed by atoms with Crippen LogP contribution in [0.4, 0.5) is 0 Å². The quantitative estimate of drug-likeness (QED) is 0.369. The van der Waals surface area contributed by atoms with Crippen LogP contribution >= 0.6 is 0 Å². The van der Waals surface area contributed by atoms with Crippen molar-refractivity contribution in [2.75, 3.05) is 0 Å². The minimum absolute atomic E-state index is 0.128. The Balaban J connectivity index is 1.73. The summed E-state index contributed by atoms with van der Waals surface area (Å²) < 4.78 is 6.00. The molecular formula is C26H28N2O2. The molecule has 0 aromatic heterocycles. The largest absolute Gasteiger partial charge is 0.489 e. The van der Waals surface area contributed by atoms with Crippen molar-refractivity contribution in [3.63, 3.8) is 0 Å². The summed E-state index contributed by atoms with van der Waals surface area (Å²) in [5.41, 5.74) is 2.99. The van der Waals surface area contributed by atoms with Crippen molar-refractivity contribution >= 4 is 12.0 Å². The van der Waals surface area contributed by atoms with Gasteiger partial charge in [0, 0.05) is 6.04 Å². The fourth-order valence-corrected chi connectivity index (χ4v) is 3.71. The maximum atomic E-state index is 12.5. The lowest BCUT2D eigenvalue weighted by Crippen LogP contribution is -2.36. The monoisotopic (exact) mass is 400 g/mol. The van der Waals surface area contributed by atoms with Crippen molar-refractivity contribution in [1.29, 1.82) is 5.26 Å². The number of allylic oxidation sites excluding steroid dienone is 1. The van der Waals surface area contributed by atoms with E-state index in [0.717, 1.165) is 48.1 Å². The van der Waals surface area contributed by atoms with Crippen LogP contribution in [-0.2, 0) is 17.8 Å². The number of hydrogen-bond donors (Lipinski definition) is 1. The number of nitriles is 1. The first-order valence-corrected chi connectivity index (χ1v) is 10.5. The van der Waals surface area contributed by atoms with Crippen LogP contribution < -0.4 is 10.1 Å². The Labute approximate surface area is 178 Å². The van der Waals surface area contributed by atoms with Crippen LogP contribution in [0.2, 0.25) is 0 Å². The summed E-state index contributed by atoms with van der Waals surface area (Å²) in [5.74, 6) is 0.486. The second-order valence-corrected chi connectivity index (χ2v) is 7.61. The highest BCUT2D eigenvalue weighted by molar-refractivity contribution is 6.01. The maximum absolute atomic E-state index is 12.5. The third-order valence-electron chi connectivity index (χ3n) is 5.30. The molecule has 1 amide bonds. The molecule has 0 spiro atoms. The van der Waals surface area contributed by atoms with Crippen molar-refractivity contribution in [3.8, 4) is 11.8 Å². The molecule has 1 saturated carbocycles. The van der Waals surface area contributed by atoms with E-state index >= 15 is 0 Å². The molecule has 0 unspecified atom stereocenters. The summed E-state index contributed by atoms with van der Waals surface area (Å²) in [7, 11) is 0. The number of carbonyl (C=O) groups is 1. The maximum Gasteiger partial charge on any atom is 0.262 e. The Hall–Kier alpha value is -3.32. The molecule has 0 heterocycles. The van der Waals surface area contributed by atoms with Crippen LogP contribution in [0.3, 0.4) is 0 Å². The SMILES string of the molecule is C=CCc1cc(/C=C(/C#N)C(=O)NC2CCCCC2)ccc1OCc1ccccc1. The van der Waals surface area contributed by atoms with Crippen LogP contribution in [0, 0.1) is 11.3 Å². The van der Waals surface area contributed by atoms with Crippen LogP contribution in [0.25, 0.3) is 6.08 Å². The van der Waals surface area contributed by atoms with Gasteiger partial charge in [0.2, 0.25) is 0 Å². The Bertz CT molecular complexity index is 935. The average molecular weight is 401 g/mol. The molecule has 2 aromatic carbocycles. The van der Waals surface area contributed by atoms with E-state index in [9.17, 15) is 10.1 Å². The van der Waals surface area contributed by atoms with Gasteiger partial charge in [0.15, 0.2) is 0 Å². The van der Waals surface area contributed by atoms with Crippen LogP contribution in [0.5, 0.6) is 5.75 Å². The summed E-state index contributed by atoms with van der Waals surface area (Å²) >= 11 is 0. The lowest BCUT2D eigenvalue weighted by atomic mass is 9.95. The first-order valence-electron chi connectivity index (χ1n) is 10.5. The van der Waals surface area contributed by atoms with Gasteiger partial charge in [-0.05, 0) is 54.2 Å². The molecule has 0 saturated heterocycles. The zero-order chi connectivity index (χ0) is 21.2. The summed E-state index contributed by atoms with van der Waals surface area (Å²) in [4.78, 5) is 12.5. The molecule has 1 N–H and O–H groups in total. The van der Waals surface area contributed by atoms with Crippen LogP contribution in [0.15, 0.2) is 66.8 Å². The predicted octanol–water partition coefficient (Wildman–Crippen LogP) is 5.35. The average Bonchev–Trinajstić information content (AvgIpc) is 2.78. The molecule has 0 bridgehead atoms. The van der Waals surface area contributed by atoms with Gasteiger partial charge in [0.1, 0.15) is 24.0 Å². The van der Waals surface area contributed by atoms with E-state index in [2.05, 4.69) is 18.0 Å². The number of nitrogens with one attached hydrogen (secondary N) is 1. The Morgan fingerprint density at radius 3 is 2.63 bits per heavy atom. The molecule has 0 aliphatic heterocycles. The topological polar surface area (TPSA) is 62.1 Å². The Morgan fingerprint density at radius 1 is 1.17 bits per heavy atom. The molecule has 1 aliphatic rings. The molecule has 0 atom stereocenters. The predicted molar refractivity (Wildman–Crippen MR) is 120 cm³/mol. The minimum atomic E-state index is -0.293. The van der Waals surface area contributed by atoms with Crippen molar-refractivity contribution in [1.82, 2.24) is 5.32 Å². The lowest BCUT2D eigenvalue weighted by molar-refractivity contribution is -0.117. The van der Waals surface area contributed by atoms with E-state index in [1.54, 1.807) is 6.08 Å². The molecule has 4 nitrogen and oxygen atoms in total. The molecule has 30 heavy (non-hydrogen) atoms. The smallest absolute Gasteiger partial charge is 0.262 e. The summed E-state index contributed by atoms with van der Waals surface area (Å²) in [6.45, 7) is 4.31. The molecule has 4 heteroatoms. The second-order valence-electron chi connectivity index (χ2n) is 7.61. The molecule has 1 fully saturated rings. The number of amides is 1. The number of carbonyl (C=O) groups excluding carboxylic acids is 1. The van der Waals surface area contributed by atoms with Gasteiger partial charge in [-0.3, -0.25) is 4.79 Å². The Morgan fingerprint density at radius 2 is 1.93 bits per heavy atom. The Kier molecular flexibility index (Phi) is 7.86. The lowest BCUT2D eigenvalue weighted by Gasteiger charge is -2.22. The van der Waals surface area contributed by atoms with Gasteiger partial charge in [-0.2, -0.15) is 5.26 Å². The van der Waals surface area contributed by atoms with Gasteiger partial charge in [0.05, 0.1) is 0 Å². The summed E-state index contributed by atoms with van der Waals surface area (Å²) in [6, 6.07) is 17.9. The van der Waals surface area contributed by atoms with E-state index in [1.165, 1.54) is 6.42 Å². The molecule has 154 valence electrons. The highest BCUT2D eigenvalue weighted by Gasteiger charge is 2.18. The van der Waals surface area contributed by atoms with Crippen molar-refractivity contribution in [3.05, 3.63) is 83.4 Å². The van der Waals surface area contributed by atoms with Gasteiger partial charge in [-0.1, -0.05) is 61.7 Å². The molecule has 1 aliphatic carbocycles. The standard InChI is InChI=1S/C26H28N2O2/c1-2-9-22-16-21(14-15-25(22)30-19-20-10-5-3-6-11-20)17-23(18-27)26(29)28-24-12-7-4-8-13-24/h2-3,5-6,10-11,14-17,24H,1,4,7-9,12-13,19H2,(H,28,29)/b23-17-. The minimum Gasteiger partial charge on any atom is -0.489 e. The van der Waals surface area contributed by atoms with Crippen LogP contribution in [0.1, 0.15) is 48.8 Å². The van der Waals surface area contributed by atoms with E-state index in [0.29, 0.717) is 13.0 Å². The van der Waals surface area contributed by atoms with Gasteiger partial charge in [-0.25, -0.2) is 0 Å². The highest BCUT2D eigenvalue weighted by Crippen LogP contribution is 2.24. The molecule has 3 rings (SSSR count). The highest BCUT2D eigenvalue weighted by atomic mass is 16.5. The molecular weight excluding hydrogens is 372 g/mol. The third kappa shape index (κ3) is 6.09. The van der Waals surface area contributed by atoms with Gasteiger partial charge < -0.3 is 10.1 Å². The summed E-state index contributed by atoms with van der Waals surface area (Å²) in [5, 5.41) is 12.5. The van der Waals surface area contributed by atoms with Crippen molar-refractivity contribution in [2.24, 2.45) is 0 Å². The van der Waals surface area contributed by atoms with Gasteiger partial charge in [-0.15, -0.1) is 6.58 Å². The van der Waals surface area contributed by atoms with E-state index in [4.69, 9.17) is 4.74 Å². The fraction of sp³-hybridized carbons (Fsp3) is 0.308. The second kappa shape index (κ2) is 11.0. The summed E-state index contributed by atoms with van der Waals surface area (Å²) in [6.07, 6.45) is 9.56. The third-order valence-corrected chi connectivity index (χ3v) is 5.30. The number of ether oxygens (including phenoxy) is 1. The zero-order valence-electron chi connectivity index (χ0n) is 17.3. The first kappa shape index (κ1) is 21.4. The molecule has 2 aromatic rings. The van der Waals surface area contributed by atoms with Crippen molar-refractivity contribution < 1.29 is 9.53 Å².